The van der Waals surface area contributed by atoms with Gasteiger partial charge < -0.3 is 0 Å². The number of nitrogens with zero attached hydrogens (tertiary/aromatic N) is 3. The Morgan fingerprint density at radius 2 is 2.12 bits per heavy atom. The molecule has 2 heterocycles. The van der Waals surface area contributed by atoms with Gasteiger partial charge in [0, 0.05) is 6.20 Å². The molecule has 0 bridgehead atoms. The third-order valence-electron chi connectivity index (χ3n) is 2.11. The van der Waals surface area contributed by atoms with Crippen molar-refractivity contribution < 1.29 is 0 Å². The van der Waals surface area contributed by atoms with E-state index in [1.165, 1.54) is 0 Å². The van der Waals surface area contributed by atoms with E-state index in [0.717, 1.165) is 21.4 Å². The van der Waals surface area contributed by atoms with Gasteiger partial charge in [-0.3, -0.25) is 4.98 Å². The van der Waals surface area contributed by atoms with Crippen LogP contribution >= 0.6 is 34.2 Å². The van der Waals surface area contributed by atoms with Crippen LogP contribution in [0.15, 0.2) is 24.4 Å². The van der Waals surface area contributed by atoms with Gasteiger partial charge in [0.15, 0.2) is 5.82 Å². The molecule has 0 saturated heterocycles. The highest BCUT2D eigenvalue weighted by molar-refractivity contribution is 14.1. The molecule has 0 aliphatic carbocycles. The molecule has 82 valence electrons. The number of hydrogen-bond donors (Lipinski definition) is 0. The number of hydrogen-bond acceptors (Lipinski definition) is 3. The summed E-state index contributed by atoms with van der Waals surface area (Å²) in [6.45, 7) is 2.04. The fourth-order valence-corrected chi connectivity index (χ4v) is 2.12. The monoisotopic (exact) mass is 345 g/mol. The molecule has 2 rings (SSSR count). The van der Waals surface area contributed by atoms with E-state index in [4.69, 9.17) is 11.6 Å². The van der Waals surface area contributed by atoms with E-state index < -0.39 is 0 Å². The van der Waals surface area contributed by atoms with Crippen LogP contribution in [0.25, 0.3) is 11.5 Å². The summed E-state index contributed by atoms with van der Waals surface area (Å²) >= 11 is 8.22. The first-order valence-corrected chi connectivity index (χ1v) is 6.31. The van der Waals surface area contributed by atoms with Crippen LogP contribution in [-0.4, -0.2) is 15.0 Å². The van der Waals surface area contributed by atoms with Crippen molar-refractivity contribution in [3.63, 3.8) is 0 Å². The Morgan fingerprint density at radius 3 is 2.75 bits per heavy atom. The molecule has 2 aromatic rings. The Balaban J connectivity index is 2.55. The molecule has 0 aliphatic rings. The molecule has 3 nitrogen and oxygen atoms in total. The van der Waals surface area contributed by atoms with Gasteiger partial charge in [-0.25, -0.2) is 9.97 Å². The van der Waals surface area contributed by atoms with Gasteiger partial charge in [0.2, 0.25) is 0 Å². The topological polar surface area (TPSA) is 38.7 Å². The first-order valence-electron chi connectivity index (χ1n) is 4.85. The van der Waals surface area contributed by atoms with Crippen molar-refractivity contribution >= 4 is 34.2 Å². The lowest BCUT2D eigenvalue weighted by atomic mass is 10.3. The quantitative estimate of drug-likeness (QED) is 0.619. The lowest BCUT2D eigenvalue weighted by Gasteiger charge is -2.05. The smallest absolute Gasteiger partial charge is 0.179 e. The molecule has 0 atom stereocenters. The maximum Gasteiger partial charge on any atom is 0.179 e. The van der Waals surface area contributed by atoms with Crippen LogP contribution in [0.2, 0.25) is 5.15 Å². The van der Waals surface area contributed by atoms with Crippen LogP contribution in [-0.2, 0) is 6.42 Å². The maximum atomic E-state index is 6.06. The summed E-state index contributed by atoms with van der Waals surface area (Å²) < 4.78 is 0.918. The summed E-state index contributed by atoms with van der Waals surface area (Å²) in [6.07, 6.45) is 2.55. The molecule has 0 N–H and O–H groups in total. The van der Waals surface area contributed by atoms with Gasteiger partial charge in [0.25, 0.3) is 0 Å². The van der Waals surface area contributed by atoms with E-state index in [-0.39, 0.29) is 0 Å². The van der Waals surface area contributed by atoms with Crippen LogP contribution in [0.3, 0.4) is 0 Å². The Labute approximate surface area is 112 Å². The zero-order chi connectivity index (χ0) is 11.5. The highest BCUT2D eigenvalue weighted by Crippen LogP contribution is 2.22. The lowest BCUT2D eigenvalue weighted by Crippen LogP contribution is -2.00. The predicted octanol–water partition coefficient (Wildman–Crippen LogP) is 3.36. The largest absolute Gasteiger partial charge is 0.253 e. The Kier molecular flexibility index (Phi) is 3.70. The number of halogens is 2. The normalized spacial score (nSPS) is 10.4. The molecular formula is C11H9ClIN3. The average molecular weight is 346 g/mol. The minimum Gasteiger partial charge on any atom is -0.253 e. The molecule has 16 heavy (non-hydrogen) atoms. The van der Waals surface area contributed by atoms with Crippen LogP contribution in [0.4, 0.5) is 0 Å². The van der Waals surface area contributed by atoms with Crippen LogP contribution < -0.4 is 0 Å². The highest BCUT2D eigenvalue weighted by atomic mass is 127. The van der Waals surface area contributed by atoms with Crippen molar-refractivity contribution in [3.8, 4) is 11.5 Å². The van der Waals surface area contributed by atoms with Crippen molar-refractivity contribution in [1.82, 2.24) is 15.0 Å². The molecular weight excluding hydrogens is 336 g/mol. The molecule has 0 fully saturated rings. The summed E-state index contributed by atoms with van der Waals surface area (Å²) in [5.74, 6) is 0.586. The van der Waals surface area contributed by atoms with E-state index >= 15 is 0 Å². The summed E-state index contributed by atoms with van der Waals surface area (Å²) in [5, 5.41) is 0.494. The van der Waals surface area contributed by atoms with E-state index in [2.05, 4.69) is 37.5 Å². The van der Waals surface area contributed by atoms with Crippen molar-refractivity contribution in [2.75, 3.05) is 0 Å². The molecule has 0 radical (unpaired) electrons. The summed E-state index contributed by atoms with van der Waals surface area (Å²) in [5.41, 5.74) is 1.71. The van der Waals surface area contributed by atoms with E-state index in [1.807, 2.05) is 25.1 Å². The minimum absolute atomic E-state index is 0.494. The zero-order valence-electron chi connectivity index (χ0n) is 8.61. The van der Waals surface area contributed by atoms with Gasteiger partial charge in [-0.2, -0.15) is 0 Å². The van der Waals surface area contributed by atoms with Gasteiger partial charge in [-0.05, 0) is 41.1 Å². The minimum atomic E-state index is 0.494. The van der Waals surface area contributed by atoms with E-state index in [9.17, 15) is 0 Å². The fourth-order valence-electron chi connectivity index (χ4n) is 1.31. The third-order valence-corrected chi connectivity index (χ3v) is 3.83. The van der Waals surface area contributed by atoms with Gasteiger partial charge in [-0.1, -0.05) is 24.6 Å². The first kappa shape index (κ1) is 11.7. The predicted molar refractivity (Wildman–Crippen MR) is 72.4 cm³/mol. The molecule has 0 amide bonds. The number of aromatic nitrogens is 3. The number of rotatable bonds is 2. The van der Waals surface area contributed by atoms with Crippen molar-refractivity contribution in [2.45, 2.75) is 13.3 Å². The van der Waals surface area contributed by atoms with Crippen molar-refractivity contribution in [3.05, 3.63) is 38.8 Å². The Hall–Kier alpha value is -0.750. The summed E-state index contributed by atoms with van der Waals surface area (Å²) in [6, 6.07) is 5.64. The van der Waals surface area contributed by atoms with Crippen molar-refractivity contribution in [2.24, 2.45) is 0 Å². The SMILES string of the molecule is CCc1nc(-c2ccccn2)nc(Cl)c1I. The molecule has 0 aromatic carbocycles. The molecule has 5 heteroatoms. The molecule has 0 spiro atoms. The van der Waals surface area contributed by atoms with E-state index in [0.29, 0.717) is 11.0 Å². The van der Waals surface area contributed by atoms with Crippen LogP contribution in [0.1, 0.15) is 12.6 Å². The second-order valence-electron chi connectivity index (χ2n) is 3.17. The Morgan fingerprint density at radius 1 is 1.31 bits per heavy atom. The molecule has 0 saturated carbocycles. The zero-order valence-corrected chi connectivity index (χ0v) is 11.5. The maximum absolute atomic E-state index is 6.06. The van der Waals surface area contributed by atoms with Gasteiger partial charge in [0.1, 0.15) is 10.8 Å². The van der Waals surface area contributed by atoms with Gasteiger partial charge in [-0.15, -0.1) is 0 Å². The first-order chi connectivity index (χ1) is 7.72. The van der Waals surface area contributed by atoms with Gasteiger partial charge >= 0.3 is 0 Å². The number of aryl methyl sites for hydroxylation is 1. The highest BCUT2D eigenvalue weighted by Gasteiger charge is 2.10. The van der Waals surface area contributed by atoms with Gasteiger partial charge in [0.05, 0.1) is 9.26 Å². The average Bonchev–Trinajstić information content (AvgIpc) is 2.33. The second kappa shape index (κ2) is 5.05. The molecule has 0 unspecified atom stereocenters. The summed E-state index contributed by atoms with van der Waals surface area (Å²) in [4.78, 5) is 12.9. The second-order valence-corrected chi connectivity index (χ2v) is 4.60. The van der Waals surface area contributed by atoms with Crippen LogP contribution in [0.5, 0.6) is 0 Å². The van der Waals surface area contributed by atoms with Crippen LogP contribution in [0, 0.1) is 3.57 Å². The van der Waals surface area contributed by atoms with Crippen molar-refractivity contribution in [1.29, 1.82) is 0 Å². The molecule has 2 aromatic heterocycles. The Bertz CT molecular complexity index is 502. The van der Waals surface area contributed by atoms with E-state index in [1.54, 1.807) is 6.20 Å². The fraction of sp³-hybridized carbons (Fsp3) is 0.182. The lowest BCUT2D eigenvalue weighted by molar-refractivity contribution is 0.982. The molecule has 0 aliphatic heterocycles. The standard InChI is InChI=1S/C11H9ClIN3/c1-2-7-9(13)10(12)16-11(15-7)8-5-3-4-6-14-8/h3-6H,2H2,1H3. The number of pyridine rings is 1. The third kappa shape index (κ3) is 2.32. The summed E-state index contributed by atoms with van der Waals surface area (Å²) in [7, 11) is 0.